The van der Waals surface area contributed by atoms with Gasteiger partial charge in [-0.25, -0.2) is 0 Å². The predicted octanol–water partition coefficient (Wildman–Crippen LogP) is 6.32. The zero-order valence-electron chi connectivity index (χ0n) is 13.7. The van der Waals surface area contributed by atoms with E-state index in [1.165, 1.54) is 47.6 Å². The summed E-state index contributed by atoms with van der Waals surface area (Å²) >= 11 is 0. The first kappa shape index (κ1) is 13.4. The van der Waals surface area contributed by atoms with Crippen molar-refractivity contribution in [2.75, 3.05) is 0 Å². The van der Waals surface area contributed by atoms with Crippen molar-refractivity contribution in [1.29, 1.82) is 0 Å². The highest BCUT2D eigenvalue weighted by Crippen LogP contribution is 2.57. The number of rotatable bonds is 0. The molecule has 0 aliphatic heterocycles. The van der Waals surface area contributed by atoms with Gasteiger partial charge in [0.1, 0.15) is 0 Å². The second-order valence-electron chi connectivity index (χ2n) is 7.52. The van der Waals surface area contributed by atoms with E-state index in [0.717, 1.165) is 5.92 Å². The fraction of sp³-hybridized carbons (Fsp3) is 0.304. The number of benzene rings is 3. The zero-order valence-corrected chi connectivity index (χ0v) is 13.7. The summed E-state index contributed by atoms with van der Waals surface area (Å²) in [7, 11) is 0. The third-order valence-electron chi connectivity index (χ3n) is 6.28. The normalized spacial score (nSPS) is 25.5. The van der Waals surface area contributed by atoms with Gasteiger partial charge in [0.15, 0.2) is 0 Å². The van der Waals surface area contributed by atoms with Crippen molar-refractivity contribution in [3.63, 3.8) is 0 Å². The molecular formula is C23H22. The van der Waals surface area contributed by atoms with Gasteiger partial charge in [-0.05, 0) is 64.6 Å². The molecule has 2 aliphatic carbocycles. The maximum atomic E-state index is 2.42. The molecule has 114 valence electrons. The van der Waals surface area contributed by atoms with Gasteiger partial charge in [-0.3, -0.25) is 0 Å². The molecule has 23 heavy (non-hydrogen) atoms. The fourth-order valence-corrected chi connectivity index (χ4v) is 5.02. The molecule has 0 amide bonds. The van der Waals surface area contributed by atoms with Crippen LogP contribution in [0.15, 0.2) is 60.7 Å². The molecule has 0 bridgehead atoms. The molecule has 0 aromatic heterocycles. The summed E-state index contributed by atoms with van der Waals surface area (Å²) in [5, 5.41) is 2.79. The lowest BCUT2D eigenvalue weighted by molar-refractivity contribution is 0.285. The Labute approximate surface area is 138 Å². The van der Waals surface area contributed by atoms with E-state index < -0.39 is 0 Å². The van der Waals surface area contributed by atoms with E-state index in [4.69, 9.17) is 0 Å². The lowest BCUT2D eigenvalue weighted by atomic mass is 9.65. The highest BCUT2D eigenvalue weighted by atomic mass is 14.5. The molecule has 0 nitrogen and oxygen atoms in total. The first-order valence-corrected chi connectivity index (χ1v) is 8.92. The van der Waals surface area contributed by atoms with Gasteiger partial charge >= 0.3 is 0 Å². The highest BCUT2D eigenvalue weighted by molar-refractivity contribution is 6.02. The molecule has 0 radical (unpaired) electrons. The summed E-state index contributed by atoms with van der Waals surface area (Å²) < 4.78 is 0. The van der Waals surface area contributed by atoms with E-state index in [-0.39, 0.29) is 5.41 Å². The first-order valence-electron chi connectivity index (χ1n) is 8.92. The number of fused-ring (bicyclic) bond motifs is 7. The summed E-state index contributed by atoms with van der Waals surface area (Å²) in [6.07, 6.45) is 5.30. The molecule has 1 saturated carbocycles. The standard InChI is InChI=1S/C23H22/c1-16-12-14-23(15-13-16)20-9-5-4-8-19(20)22-18-7-3-2-6-17(18)10-11-21(22)23/h2-11,16H,12-15H2,1H3. The minimum atomic E-state index is 0.266. The predicted molar refractivity (Wildman–Crippen MR) is 97.8 cm³/mol. The molecular weight excluding hydrogens is 276 g/mol. The van der Waals surface area contributed by atoms with Crippen LogP contribution in [0.4, 0.5) is 0 Å². The van der Waals surface area contributed by atoms with Gasteiger partial charge in [0, 0.05) is 5.41 Å². The van der Waals surface area contributed by atoms with Crippen molar-refractivity contribution in [3.8, 4) is 11.1 Å². The Hall–Kier alpha value is -2.08. The van der Waals surface area contributed by atoms with Crippen LogP contribution in [0.25, 0.3) is 21.9 Å². The molecule has 0 N–H and O–H groups in total. The minimum Gasteiger partial charge on any atom is -0.0625 e. The summed E-state index contributed by atoms with van der Waals surface area (Å²) in [6.45, 7) is 2.41. The van der Waals surface area contributed by atoms with E-state index in [1.54, 1.807) is 11.1 Å². The van der Waals surface area contributed by atoms with E-state index in [9.17, 15) is 0 Å². The average Bonchev–Trinajstić information content (AvgIpc) is 2.88. The SMILES string of the molecule is CC1CCC2(CC1)c1ccccc1-c1c2ccc2ccccc12. The Morgan fingerprint density at radius 2 is 1.52 bits per heavy atom. The van der Waals surface area contributed by atoms with Crippen LogP contribution in [-0.2, 0) is 5.41 Å². The van der Waals surface area contributed by atoms with E-state index >= 15 is 0 Å². The number of hydrogen-bond acceptors (Lipinski definition) is 0. The Morgan fingerprint density at radius 1 is 0.783 bits per heavy atom. The van der Waals surface area contributed by atoms with E-state index in [2.05, 4.69) is 67.6 Å². The Morgan fingerprint density at radius 3 is 2.39 bits per heavy atom. The smallest absolute Gasteiger partial charge is 0.0215 e. The molecule has 3 aromatic carbocycles. The Balaban J connectivity index is 1.86. The van der Waals surface area contributed by atoms with Crippen LogP contribution >= 0.6 is 0 Å². The molecule has 5 rings (SSSR count). The lowest BCUT2D eigenvalue weighted by Crippen LogP contribution is -2.30. The van der Waals surface area contributed by atoms with Gasteiger partial charge < -0.3 is 0 Å². The van der Waals surface area contributed by atoms with Crippen LogP contribution in [0.3, 0.4) is 0 Å². The molecule has 0 unspecified atom stereocenters. The monoisotopic (exact) mass is 298 g/mol. The molecule has 1 fully saturated rings. The van der Waals surface area contributed by atoms with Crippen LogP contribution in [0.1, 0.15) is 43.7 Å². The maximum Gasteiger partial charge on any atom is 0.0215 e. The van der Waals surface area contributed by atoms with Crippen molar-refractivity contribution < 1.29 is 0 Å². The van der Waals surface area contributed by atoms with Crippen molar-refractivity contribution in [3.05, 3.63) is 71.8 Å². The van der Waals surface area contributed by atoms with Crippen LogP contribution in [0.5, 0.6) is 0 Å². The van der Waals surface area contributed by atoms with Crippen LogP contribution in [0.2, 0.25) is 0 Å². The third-order valence-corrected chi connectivity index (χ3v) is 6.28. The Bertz CT molecular complexity index is 895. The van der Waals surface area contributed by atoms with Gasteiger partial charge in [0.05, 0.1) is 0 Å². The van der Waals surface area contributed by atoms with Gasteiger partial charge in [-0.2, -0.15) is 0 Å². The molecule has 0 atom stereocenters. The van der Waals surface area contributed by atoms with E-state index in [0.29, 0.717) is 0 Å². The van der Waals surface area contributed by atoms with Gasteiger partial charge in [-0.15, -0.1) is 0 Å². The van der Waals surface area contributed by atoms with Crippen molar-refractivity contribution in [2.24, 2.45) is 5.92 Å². The molecule has 3 aromatic rings. The van der Waals surface area contributed by atoms with Crippen molar-refractivity contribution >= 4 is 10.8 Å². The summed E-state index contributed by atoms with van der Waals surface area (Å²) in [5.41, 5.74) is 6.42. The molecule has 2 aliphatic rings. The molecule has 1 spiro atoms. The molecule has 0 saturated heterocycles. The average molecular weight is 298 g/mol. The lowest BCUT2D eigenvalue weighted by Gasteiger charge is -2.38. The summed E-state index contributed by atoms with van der Waals surface area (Å²) in [5.74, 6) is 0.872. The van der Waals surface area contributed by atoms with Crippen LogP contribution in [0, 0.1) is 5.92 Å². The van der Waals surface area contributed by atoms with Gasteiger partial charge in [0.25, 0.3) is 0 Å². The third kappa shape index (κ3) is 1.72. The molecule has 0 heterocycles. The molecule has 0 heteroatoms. The maximum absolute atomic E-state index is 2.42. The summed E-state index contributed by atoms with van der Waals surface area (Å²) in [4.78, 5) is 0. The first-order chi connectivity index (χ1) is 11.3. The van der Waals surface area contributed by atoms with Gasteiger partial charge in [-0.1, -0.05) is 67.6 Å². The summed E-state index contributed by atoms with van der Waals surface area (Å²) in [6, 6.07) is 22.8. The minimum absolute atomic E-state index is 0.266. The largest absolute Gasteiger partial charge is 0.0625 e. The quantitative estimate of drug-likeness (QED) is 0.456. The van der Waals surface area contributed by atoms with E-state index in [1.807, 2.05) is 0 Å². The van der Waals surface area contributed by atoms with Crippen molar-refractivity contribution in [2.45, 2.75) is 38.0 Å². The van der Waals surface area contributed by atoms with Crippen LogP contribution < -0.4 is 0 Å². The highest BCUT2D eigenvalue weighted by Gasteiger charge is 2.44. The second-order valence-corrected chi connectivity index (χ2v) is 7.52. The Kier molecular flexibility index (Phi) is 2.74. The topological polar surface area (TPSA) is 0 Å². The zero-order chi connectivity index (χ0) is 15.4. The van der Waals surface area contributed by atoms with Gasteiger partial charge in [0.2, 0.25) is 0 Å². The number of hydrogen-bond donors (Lipinski definition) is 0. The second kappa shape index (κ2) is 4.71. The fourth-order valence-electron chi connectivity index (χ4n) is 5.02. The van der Waals surface area contributed by atoms with Crippen molar-refractivity contribution in [1.82, 2.24) is 0 Å². The van der Waals surface area contributed by atoms with Crippen LogP contribution in [-0.4, -0.2) is 0 Å².